The highest BCUT2D eigenvalue weighted by Crippen LogP contribution is 2.30. The Labute approximate surface area is 129 Å². The first-order chi connectivity index (χ1) is 10.3. The Morgan fingerprint density at radius 3 is 2.29 bits per heavy atom. The van der Waals surface area contributed by atoms with Gasteiger partial charge in [0, 0.05) is 6.42 Å². The predicted octanol–water partition coefficient (Wildman–Crippen LogP) is 5.55. The summed E-state index contributed by atoms with van der Waals surface area (Å²) in [4.78, 5) is 11.1. The van der Waals surface area contributed by atoms with Gasteiger partial charge < -0.3 is 9.53 Å². The van der Waals surface area contributed by atoms with Crippen molar-refractivity contribution in [2.45, 2.75) is 77.2 Å². The van der Waals surface area contributed by atoms with Crippen molar-refractivity contribution in [1.29, 1.82) is 0 Å². The molecule has 21 heavy (non-hydrogen) atoms. The molecule has 0 radical (unpaired) electrons. The van der Waals surface area contributed by atoms with Gasteiger partial charge in [0.05, 0.1) is 0 Å². The maximum atomic E-state index is 11.1. The molecule has 0 spiro atoms. The molecule has 2 heteroatoms. The van der Waals surface area contributed by atoms with Crippen molar-refractivity contribution >= 4 is 6.29 Å². The summed E-state index contributed by atoms with van der Waals surface area (Å²) >= 11 is 0. The zero-order valence-electron chi connectivity index (χ0n) is 13.6. The van der Waals surface area contributed by atoms with Gasteiger partial charge in [0.15, 0.2) is 0 Å². The fourth-order valence-electron chi connectivity index (χ4n) is 2.87. The number of ether oxygens (including phenoxy) is 1. The average Bonchev–Trinajstić information content (AvgIpc) is 2.49. The Morgan fingerprint density at radius 2 is 1.67 bits per heavy atom. The van der Waals surface area contributed by atoms with Gasteiger partial charge in [0.25, 0.3) is 0 Å². The Bertz CT molecular complexity index is 374. The summed E-state index contributed by atoms with van der Waals surface area (Å²) in [5, 5.41) is 0. The van der Waals surface area contributed by atoms with E-state index in [1.807, 2.05) is 30.3 Å². The van der Waals surface area contributed by atoms with Gasteiger partial charge in [-0.25, -0.2) is 0 Å². The van der Waals surface area contributed by atoms with E-state index in [9.17, 15) is 4.79 Å². The lowest BCUT2D eigenvalue weighted by Crippen LogP contribution is -2.36. The van der Waals surface area contributed by atoms with E-state index in [0.29, 0.717) is 6.42 Å². The molecular formula is C19H30O2. The van der Waals surface area contributed by atoms with Crippen LogP contribution in [0, 0.1) is 0 Å². The maximum Gasteiger partial charge on any atom is 0.123 e. The molecule has 0 aliphatic rings. The van der Waals surface area contributed by atoms with Crippen LogP contribution in [0.3, 0.4) is 0 Å². The lowest BCUT2D eigenvalue weighted by molar-refractivity contribution is -0.112. The zero-order chi connectivity index (χ0) is 15.4. The highest BCUT2D eigenvalue weighted by molar-refractivity contribution is 5.51. The van der Waals surface area contributed by atoms with Crippen LogP contribution in [0.2, 0.25) is 0 Å². The van der Waals surface area contributed by atoms with E-state index in [2.05, 4.69) is 13.8 Å². The second-order valence-corrected chi connectivity index (χ2v) is 5.88. The first-order valence-electron chi connectivity index (χ1n) is 8.44. The smallest absolute Gasteiger partial charge is 0.123 e. The van der Waals surface area contributed by atoms with Crippen LogP contribution in [0.25, 0.3) is 0 Å². The molecule has 0 saturated heterocycles. The molecule has 1 aromatic rings. The molecule has 0 heterocycles. The van der Waals surface area contributed by atoms with E-state index >= 15 is 0 Å². The predicted molar refractivity (Wildman–Crippen MR) is 88.8 cm³/mol. The van der Waals surface area contributed by atoms with Gasteiger partial charge in [-0.3, -0.25) is 0 Å². The average molecular weight is 290 g/mol. The summed E-state index contributed by atoms with van der Waals surface area (Å²) in [5.74, 6) is 0.876. The van der Waals surface area contributed by atoms with Crippen molar-refractivity contribution in [2.24, 2.45) is 0 Å². The Kier molecular flexibility index (Phi) is 8.80. The SMILES string of the molecule is CCCCCCCC(CC=O)(CCC)Oc1ccccc1. The second kappa shape index (κ2) is 10.4. The van der Waals surface area contributed by atoms with E-state index in [1.54, 1.807) is 0 Å². The fourth-order valence-corrected chi connectivity index (χ4v) is 2.87. The van der Waals surface area contributed by atoms with Crippen LogP contribution in [0.15, 0.2) is 30.3 Å². The molecule has 0 aliphatic carbocycles. The van der Waals surface area contributed by atoms with E-state index < -0.39 is 0 Å². The molecule has 0 fully saturated rings. The molecule has 0 N–H and O–H groups in total. The number of carbonyl (C=O) groups excluding carboxylic acids is 1. The van der Waals surface area contributed by atoms with Crippen molar-refractivity contribution in [1.82, 2.24) is 0 Å². The third-order valence-corrected chi connectivity index (χ3v) is 3.97. The maximum absolute atomic E-state index is 11.1. The summed E-state index contributed by atoms with van der Waals surface area (Å²) in [6.07, 6.45) is 10.7. The minimum Gasteiger partial charge on any atom is -0.487 e. The summed E-state index contributed by atoms with van der Waals surface area (Å²) in [6.45, 7) is 4.39. The molecule has 0 aromatic heterocycles. The molecule has 0 saturated carbocycles. The standard InChI is InChI=1S/C19H30O2/c1-3-5-6-7-11-15-19(14-4-2,16-17-20)21-18-12-9-8-10-13-18/h8-10,12-13,17H,3-7,11,14-16H2,1-2H3. The summed E-state index contributed by atoms with van der Waals surface area (Å²) < 4.78 is 6.26. The molecule has 0 bridgehead atoms. The minimum atomic E-state index is -0.315. The topological polar surface area (TPSA) is 26.3 Å². The van der Waals surface area contributed by atoms with Crippen LogP contribution in [-0.2, 0) is 4.79 Å². The van der Waals surface area contributed by atoms with Gasteiger partial charge in [-0.05, 0) is 31.4 Å². The van der Waals surface area contributed by atoms with Gasteiger partial charge in [-0.1, -0.05) is 64.2 Å². The molecule has 1 atom stereocenters. The molecule has 0 aliphatic heterocycles. The van der Waals surface area contributed by atoms with Gasteiger partial charge in [0.2, 0.25) is 0 Å². The van der Waals surface area contributed by atoms with Crippen molar-refractivity contribution in [3.63, 3.8) is 0 Å². The molecule has 1 aromatic carbocycles. The summed E-state index contributed by atoms with van der Waals surface area (Å²) in [6, 6.07) is 9.90. The van der Waals surface area contributed by atoms with Gasteiger partial charge in [0.1, 0.15) is 17.6 Å². The Hall–Kier alpha value is -1.31. The molecular weight excluding hydrogens is 260 g/mol. The summed E-state index contributed by atoms with van der Waals surface area (Å²) in [5.41, 5.74) is -0.315. The molecule has 0 amide bonds. The first kappa shape index (κ1) is 17.7. The number of unbranched alkanes of at least 4 members (excludes halogenated alkanes) is 4. The van der Waals surface area contributed by atoms with E-state index in [4.69, 9.17) is 4.74 Å². The summed E-state index contributed by atoms with van der Waals surface area (Å²) in [7, 11) is 0. The molecule has 118 valence electrons. The molecule has 1 rings (SSSR count). The van der Waals surface area contributed by atoms with Gasteiger partial charge in [-0.2, -0.15) is 0 Å². The molecule has 1 unspecified atom stereocenters. The van der Waals surface area contributed by atoms with Crippen LogP contribution in [0.1, 0.15) is 71.6 Å². The largest absolute Gasteiger partial charge is 0.487 e. The van der Waals surface area contributed by atoms with Crippen molar-refractivity contribution in [3.8, 4) is 5.75 Å². The Balaban J connectivity index is 2.65. The quantitative estimate of drug-likeness (QED) is 0.372. The van der Waals surface area contributed by atoms with Crippen LogP contribution in [-0.4, -0.2) is 11.9 Å². The number of aldehydes is 1. The van der Waals surface area contributed by atoms with Gasteiger partial charge in [-0.15, -0.1) is 0 Å². The number of benzene rings is 1. The fraction of sp³-hybridized carbons (Fsp3) is 0.632. The van der Waals surface area contributed by atoms with Gasteiger partial charge >= 0.3 is 0 Å². The third-order valence-electron chi connectivity index (χ3n) is 3.97. The molecule has 2 nitrogen and oxygen atoms in total. The minimum absolute atomic E-state index is 0.315. The van der Waals surface area contributed by atoms with Crippen molar-refractivity contribution < 1.29 is 9.53 Å². The number of carbonyl (C=O) groups is 1. The van der Waals surface area contributed by atoms with E-state index in [-0.39, 0.29) is 5.60 Å². The lowest BCUT2D eigenvalue weighted by atomic mass is 9.88. The highest BCUT2D eigenvalue weighted by atomic mass is 16.5. The normalized spacial score (nSPS) is 13.6. The number of para-hydroxylation sites is 1. The van der Waals surface area contributed by atoms with Crippen LogP contribution < -0.4 is 4.74 Å². The van der Waals surface area contributed by atoms with E-state index in [0.717, 1.165) is 37.7 Å². The zero-order valence-corrected chi connectivity index (χ0v) is 13.6. The van der Waals surface area contributed by atoms with Crippen LogP contribution in [0.5, 0.6) is 5.75 Å². The van der Waals surface area contributed by atoms with Crippen LogP contribution in [0.4, 0.5) is 0 Å². The highest BCUT2D eigenvalue weighted by Gasteiger charge is 2.30. The van der Waals surface area contributed by atoms with E-state index in [1.165, 1.54) is 25.7 Å². The monoisotopic (exact) mass is 290 g/mol. The lowest BCUT2D eigenvalue weighted by Gasteiger charge is -2.33. The Morgan fingerprint density at radius 1 is 0.952 bits per heavy atom. The number of hydrogen-bond acceptors (Lipinski definition) is 2. The van der Waals surface area contributed by atoms with Crippen molar-refractivity contribution in [2.75, 3.05) is 0 Å². The number of hydrogen-bond donors (Lipinski definition) is 0. The number of rotatable bonds is 12. The third kappa shape index (κ3) is 6.79. The van der Waals surface area contributed by atoms with Crippen molar-refractivity contribution in [3.05, 3.63) is 30.3 Å². The first-order valence-corrected chi connectivity index (χ1v) is 8.44. The second-order valence-electron chi connectivity index (χ2n) is 5.88. The van der Waals surface area contributed by atoms with Crippen LogP contribution >= 0.6 is 0 Å².